The fourth-order valence-corrected chi connectivity index (χ4v) is 3.79. The Hall–Kier alpha value is -0.830. The molecule has 21 heavy (non-hydrogen) atoms. The van der Waals surface area contributed by atoms with Gasteiger partial charge in [-0.3, -0.25) is 0 Å². The molecule has 0 spiro atoms. The van der Waals surface area contributed by atoms with Crippen LogP contribution in [-0.4, -0.2) is 38.5 Å². The van der Waals surface area contributed by atoms with Gasteiger partial charge in [0.05, 0.1) is 28.2 Å². The van der Waals surface area contributed by atoms with Crippen LogP contribution in [0.15, 0.2) is 23.1 Å². The number of alkyl halides is 3. The van der Waals surface area contributed by atoms with Crippen molar-refractivity contribution in [3.63, 3.8) is 0 Å². The minimum Gasteiger partial charge on any atom is -0.376 e. The molecule has 0 aliphatic carbocycles. The van der Waals surface area contributed by atoms with Crippen LogP contribution in [0.2, 0.25) is 5.02 Å². The van der Waals surface area contributed by atoms with Gasteiger partial charge in [-0.05, 0) is 25.1 Å². The summed E-state index contributed by atoms with van der Waals surface area (Å²) in [7, 11) is -4.00. The van der Waals surface area contributed by atoms with E-state index in [1.165, 1.54) is 0 Å². The van der Waals surface area contributed by atoms with Gasteiger partial charge in [0, 0.05) is 13.1 Å². The highest BCUT2D eigenvalue weighted by Gasteiger charge is 2.36. The Morgan fingerprint density at radius 3 is 2.62 bits per heavy atom. The van der Waals surface area contributed by atoms with Crippen LogP contribution in [0.3, 0.4) is 0 Å². The Kier molecular flexibility index (Phi) is 4.53. The normalized spacial score (nSPS) is 21.5. The number of halogens is 4. The third-order valence-electron chi connectivity index (χ3n) is 3.08. The molecule has 0 bridgehead atoms. The molecule has 1 fully saturated rings. The van der Waals surface area contributed by atoms with Gasteiger partial charge in [-0.25, -0.2) is 8.42 Å². The average Bonchev–Trinajstić information content (AvgIpc) is 2.37. The lowest BCUT2D eigenvalue weighted by Crippen LogP contribution is -2.44. The van der Waals surface area contributed by atoms with Crippen molar-refractivity contribution in [2.45, 2.75) is 24.1 Å². The van der Waals surface area contributed by atoms with Crippen molar-refractivity contribution in [2.24, 2.45) is 0 Å². The van der Waals surface area contributed by atoms with Crippen molar-refractivity contribution in [1.82, 2.24) is 4.31 Å². The molecule has 1 saturated heterocycles. The van der Waals surface area contributed by atoms with Crippen LogP contribution in [0.25, 0.3) is 0 Å². The first-order valence-electron chi connectivity index (χ1n) is 6.11. The molecule has 0 N–H and O–H groups in total. The molecule has 2 rings (SSSR count). The maximum Gasteiger partial charge on any atom is 0.417 e. The Balaban J connectivity index is 2.41. The molecule has 1 heterocycles. The molecule has 1 atom stereocenters. The van der Waals surface area contributed by atoms with Crippen LogP contribution in [0.1, 0.15) is 12.5 Å². The Bertz CT molecular complexity index is 633. The first-order valence-corrected chi connectivity index (χ1v) is 7.92. The smallest absolute Gasteiger partial charge is 0.376 e. The van der Waals surface area contributed by atoms with Crippen LogP contribution < -0.4 is 0 Å². The molecule has 118 valence electrons. The highest BCUT2D eigenvalue weighted by molar-refractivity contribution is 7.89. The van der Waals surface area contributed by atoms with Gasteiger partial charge in [-0.1, -0.05) is 11.6 Å². The van der Waals surface area contributed by atoms with Gasteiger partial charge in [0.2, 0.25) is 10.0 Å². The lowest BCUT2D eigenvalue weighted by Gasteiger charge is -2.30. The lowest BCUT2D eigenvalue weighted by atomic mass is 10.2. The number of nitrogens with zero attached hydrogens (tertiary/aromatic N) is 1. The van der Waals surface area contributed by atoms with E-state index in [9.17, 15) is 21.6 Å². The summed E-state index contributed by atoms with van der Waals surface area (Å²) in [5.41, 5.74) is -1.16. The average molecular weight is 344 g/mol. The molecule has 0 amide bonds. The van der Waals surface area contributed by atoms with E-state index in [0.29, 0.717) is 6.07 Å². The SMILES string of the molecule is C[C@H]1CN(S(=O)(=O)c2ccc(Cl)c(C(F)(F)F)c2)CCO1. The molecule has 0 radical (unpaired) electrons. The highest BCUT2D eigenvalue weighted by Crippen LogP contribution is 2.36. The molecule has 1 aromatic carbocycles. The quantitative estimate of drug-likeness (QED) is 0.829. The summed E-state index contributed by atoms with van der Waals surface area (Å²) in [6.07, 6.45) is -5.01. The number of hydrogen-bond acceptors (Lipinski definition) is 3. The van der Waals surface area contributed by atoms with Gasteiger partial charge < -0.3 is 4.74 Å². The Labute approximate surface area is 125 Å². The van der Waals surface area contributed by atoms with E-state index in [1.54, 1.807) is 6.92 Å². The van der Waals surface area contributed by atoms with E-state index in [2.05, 4.69) is 0 Å². The minimum atomic E-state index is -4.71. The topological polar surface area (TPSA) is 46.6 Å². The van der Waals surface area contributed by atoms with Crippen molar-refractivity contribution < 1.29 is 26.3 Å². The predicted octanol–water partition coefficient (Wildman–Crippen LogP) is 2.77. The van der Waals surface area contributed by atoms with Gasteiger partial charge in [0.15, 0.2) is 0 Å². The fraction of sp³-hybridized carbons (Fsp3) is 0.500. The Morgan fingerprint density at radius 2 is 2.05 bits per heavy atom. The number of benzene rings is 1. The lowest BCUT2D eigenvalue weighted by molar-refractivity contribution is -0.137. The maximum atomic E-state index is 12.8. The van der Waals surface area contributed by atoms with Gasteiger partial charge in [0.25, 0.3) is 0 Å². The van der Waals surface area contributed by atoms with Crippen LogP contribution in [0.5, 0.6) is 0 Å². The monoisotopic (exact) mass is 343 g/mol. The van der Waals surface area contributed by atoms with E-state index >= 15 is 0 Å². The molecule has 1 aliphatic heterocycles. The number of morpholine rings is 1. The molecule has 9 heteroatoms. The van der Waals surface area contributed by atoms with Crippen molar-refractivity contribution in [3.05, 3.63) is 28.8 Å². The summed E-state index contributed by atoms with van der Waals surface area (Å²) >= 11 is 5.49. The summed E-state index contributed by atoms with van der Waals surface area (Å²) in [4.78, 5) is -0.423. The molecule has 0 aromatic heterocycles. The molecule has 0 saturated carbocycles. The third-order valence-corrected chi connectivity index (χ3v) is 5.28. The molecule has 1 aromatic rings. The molecular formula is C12H13ClF3NO3S. The standard InChI is InChI=1S/C12H13ClF3NO3S/c1-8-7-17(4-5-20-8)21(18,19)9-2-3-11(13)10(6-9)12(14,15)16/h2-3,6,8H,4-5,7H2,1H3/t8-/m0/s1. The summed E-state index contributed by atoms with van der Waals surface area (Å²) in [5, 5.41) is -0.531. The van der Waals surface area contributed by atoms with Crippen molar-refractivity contribution >= 4 is 21.6 Å². The summed E-state index contributed by atoms with van der Waals surface area (Å²) < 4.78 is 69.5. The van der Waals surface area contributed by atoms with E-state index in [-0.39, 0.29) is 25.8 Å². The van der Waals surface area contributed by atoms with Gasteiger partial charge in [-0.15, -0.1) is 0 Å². The second-order valence-electron chi connectivity index (χ2n) is 4.68. The third kappa shape index (κ3) is 3.50. The largest absolute Gasteiger partial charge is 0.417 e. The maximum absolute atomic E-state index is 12.8. The van der Waals surface area contributed by atoms with Crippen LogP contribution in [0.4, 0.5) is 13.2 Å². The number of rotatable bonds is 2. The van der Waals surface area contributed by atoms with Crippen LogP contribution >= 0.6 is 11.6 Å². The van der Waals surface area contributed by atoms with Crippen molar-refractivity contribution in [2.75, 3.05) is 19.7 Å². The van der Waals surface area contributed by atoms with Crippen molar-refractivity contribution in [1.29, 1.82) is 0 Å². The number of sulfonamides is 1. The predicted molar refractivity (Wildman–Crippen MR) is 70.6 cm³/mol. The fourth-order valence-electron chi connectivity index (χ4n) is 2.04. The zero-order valence-corrected chi connectivity index (χ0v) is 12.6. The second-order valence-corrected chi connectivity index (χ2v) is 7.03. The second kappa shape index (κ2) is 5.75. The van der Waals surface area contributed by atoms with Crippen LogP contribution in [0, 0.1) is 0 Å². The molecular weight excluding hydrogens is 331 g/mol. The van der Waals surface area contributed by atoms with E-state index in [4.69, 9.17) is 16.3 Å². The number of hydrogen-bond donors (Lipinski definition) is 0. The summed E-state index contributed by atoms with van der Waals surface area (Å²) in [6.45, 7) is 2.12. The van der Waals surface area contributed by atoms with E-state index in [0.717, 1.165) is 16.4 Å². The van der Waals surface area contributed by atoms with E-state index < -0.39 is 31.7 Å². The minimum absolute atomic E-state index is 0.103. The van der Waals surface area contributed by atoms with Gasteiger partial charge in [0.1, 0.15) is 0 Å². The summed E-state index contributed by atoms with van der Waals surface area (Å²) in [5.74, 6) is 0. The highest BCUT2D eigenvalue weighted by atomic mass is 35.5. The zero-order chi connectivity index (χ0) is 15.8. The summed E-state index contributed by atoms with van der Waals surface area (Å²) in [6, 6.07) is 2.59. The zero-order valence-electron chi connectivity index (χ0n) is 11.0. The Morgan fingerprint density at radius 1 is 1.38 bits per heavy atom. The van der Waals surface area contributed by atoms with E-state index in [1.807, 2.05) is 0 Å². The first kappa shape index (κ1) is 16.5. The molecule has 0 unspecified atom stereocenters. The first-order chi connectivity index (χ1) is 9.62. The van der Waals surface area contributed by atoms with Gasteiger partial charge >= 0.3 is 6.18 Å². The molecule has 1 aliphatic rings. The van der Waals surface area contributed by atoms with Crippen molar-refractivity contribution in [3.8, 4) is 0 Å². The molecule has 4 nitrogen and oxygen atoms in total. The van der Waals surface area contributed by atoms with Crippen LogP contribution in [-0.2, 0) is 20.9 Å². The van der Waals surface area contributed by atoms with Gasteiger partial charge in [-0.2, -0.15) is 17.5 Å². The number of ether oxygens (including phenoxy) is 1.